The van der Waals surface area contributed by atoms with Gasteiger partial charge in [0.2, 0.25) is 0 Å². The maximum atomic E-state index is 9.96. The van der Waals surface area contributed by atoms with Gasteiger partial charge in [-0.2, -0.15) is 11.8 Å². The number of nitrogens with two attached hydrogens (primary N) is 1. The van der Waals surface area contributed by atoms with Gasteiger partial charge >= 0.3 is 18.9 Å². The Kier molecular flexibility index (Phi) is 9.73. The Morgan fingerprint density at radius 2 is 2.30 bits per heavy atom. The molecule has 0 aliphatic rings. The van der Waals surface area contributed by atoms with Crippen molar-refractivity contribution in [2.45, 2.75) is 12.5 Å². The zero-order valence-corrected chi connectivity index (χ0v) is 7.11. The van der Waals surface area contributed by atoms with Crippen LogP contribution in [0.25, 0.3) is 0 Å². The van der Waals surface area contributed by atoms with Crippen LogP contribution < -0.4 is 29.7 Å². The molecule has 0 heterocycles. The van der Waals surface area contributed by atoms with E-state index in [9.17, 15) is 9.90 Å². The number of carboxylic acid groups (broad SMARTS) is 1. The Hall–Kier alpha value is 0.377. The van der Waals surface area contributed by atoms with Crippen LogP contribution in [0.5, 0.6) is 0 Å². The van der Waals surface area contributed by atoms with Crippen LogP contribution >= 0.6 is 11.8 Å². The Labute approximate surface area is 76.9 Å². The first-order chi connectivity index (χ1) is 4.18. The predicted molar refractivity (Wildman–Crippen MR) is 36.0 cm³/mol. The summed E-state index contributed by atoms with van der Waals surface area (Å²) in [5, 5.41) is 9.96. The van der Waals surface area contributed by atoms with Crippen LogP contribution in [0.2, 0.25) is 0 Å². The van der Waals surface area contributed by atoms with Gasteiger partial charge in [0.25, 0.3) is 0 Å². The molecule has 1 unspecified atom stereocenters. The zero-order valence-electron chi connectivity index (χ0n) is 6.29. The third kappa shape index (κ3) is 6.50. The fourth-order valence-electron chi connectivity index (χ4n) is 0.363. The van der Waals surface area contributed by atoms with Gasteiger partial charge in [-0.15, -0.1) is 0 Å². The van der Waals surface area contributed by atoms with Gasteiger partial charge in [-0.1, -0.05) is 0 Å². The van der Waals surface area contributed by atoms with Crippen molar-refractivity contribution >= 4 is 17.7 Å². The maximum Gasteiger partial charge on any atom is 1.00 e. The molecule has 1 atom stereocenters. The standard InChI is InChI=1S/C5H11NO2S.Li/c1-9-3-2-4(6)5(7)8;/h4H,2-3,6H2,1H3,(H,7,8);/q;+1/p-1. The molecule has 0 aromatic rings. The van der Waals surface area contributed by atoms with Gasteiger partial charge in [-0.05, 0) is 18.4 Å². The van der Waals surface area contributed by atoms with Gasteiger partial charge in [0.05, 0.1) is 5.97 Å². The minimum absolute atomic E-state index is 0. The molecule has 0 spiro atoms. The van der Waals surface area contributed by atoms with E-state index >= 15 is 0 Å². The Bertz CT molecular complexity index is 102. The summed E-state index contributed by atoms with van der Waals surface area (Å²) in [6.45, 7) is 0. The van der Waals surface area contributed by atoms with E-state index in [1.54, 1.807) is 11.8 Å². The molecular formula is C5H10LiNO2S. The monoisotopic (exact) mass is 155 g/mol. The number of carbonyl (C=O) groups excluding carboxylic acids is 1. The van der Waals surface area contributed by atoms with Crippen LogP contribution in [0.15, 0.2) is 0 Å². The number of carboxylic acids is 1. The molecule has 10 heavy (non-hydrogen) atoms. The molecule has 0 aromatic heterocycles. The molecule has 0 radical (unpaired) electrons. The summed E-state index contributed by atoms with van der Waals surface area (Å²) < 4.78 is 0. The summed E-state index contributed by atoms with van der Waals surface area (Å²) in [5.41, 5.74) is 5.13. The first kappa shape index (κ1) is 13.0. The maximum absolute atomic E-state index is 9.96. The van der Waals surface area contributed by atoms with Crippen LogP contribution in [0, 0.1) is 0 Å². The summed E-state index contributed by atoms with van der Waals surface area (Å²) in [7, 11) is 0. The second-order valence-electron chi connectivity index (χ2n) is 1.71. The summed E-state index contributed by atoms with van der Waals surface area (Å²) in [6, 6.07) is -0.794. The van der Waals surface area contributed by atoms with Crippen LogP contribution in [0.1, 0.15) is 6.42 Å². The fraction of sp³-hybridized carbons (Fsp3) is 0.800. The Balaban J connectivity index is 0. The quantitative estimate of drug-likeness (QED) is 0.418. The molecule has 0 amide bonds. The van der Waals surface area contributed by atoms with Crippen molar-refractivity contribution in [3.05, 3.63) is 0 Å². The second-order valence-corrected chi connectivity index (χ2v) is 2.69. The summed E-state index contributed by atoms with van der Waals surface area (Å²) in [4.78, 5) is 9.96. The van der Waals surface area contributed by atoms with E-state index < -0.39 is 12.0 Å². The molecule has 2 N–H and O–H groups in total. The number of thioether (sulfide) groups is 1. The van der Waals surface area contributed by atoms with Crippen molar-refractivity contribution in [3.8, 4) is 0 Å². The van der Waals surface area contributed by atoms with Crippen molar-refractivity contribution < 1.29 is 28.8 Å². The van der Waals surface area contributed by atoms with E-state index in [2.05, 4.69) is 0 Å². The largest absolute Gasteiger partial charge is 1.00 e. The van der Waals surface area contributed by atoms with E-state index in [0.717, 1.165) is 5.75 Å². The second kappa shape index (κ2) is 7.48. The van der Waals surface area contributed by atoms with Gasteiger partial charge in [0.15, 0.2) is 0 Å². The normalized spacial score (nSPS) is 11.8. The first-order valence-corrected chi connectivity index (χ1v) is 4.03. The van der Waals surface area contributed by atoms with Crippen molar-refractivity contribution in [2.24, 2.45) is 5.73 Å². The number of hydrogen-bond donors (Lipinski definition) is 1. The number of hydrogen-bond acceptors (Lipinski definition) is 4. The zero-order chi connectivity index (χ0) is 7.28. The molecule has 0 saturated heterocycles. The van der Waals surface area contributed by atoms with Gasteiger partial charge in [0, 0.05) is 6.04 Å². The molecule has 3 nitrogen and oxygen atoms in total. The van der Waals surface area contributed by atoms with Gasteiger partial charge in [-0.25, -0.2) is 0 Å². The number of aliphatic carboxylic acids is 1. The van der Waals surface area contributed by atoms with Crippen LogP contribution in [-0.2, 0) is 4.79 Å². The smallest absolute Gasteiger partial charge is 0.548 e. The summed E-state index contributed by atoms with van der Waals surface area (Å²) in [6.07, 6.45) is 2.39. The molecule has 0 saturated carbocycles. The fourth-order valence-corrected chi connectivity index (χ4v) is 0.852. The molecule has 0 rings (SSSR count). The van der Waals surface area contributed by atoms with E-state index in [1.165, 1.54) is 0 Å². The van der Waals surface area contributed by atoms with Crippen molar-refractivity contribution in [2.75, 3.05) is 12.0 Å². The SMILES string of the molecule is CSCCC(N)C(=O)[O-].[Li+]. The number of rotatable bonds is 4. The van der Waals surface area contributed by atoms with E-state index in [-0.39, 0.29) is 18.9 Å². The molecular weight excluding hydrogens is 145 g/mol. The third-order valence-corrected chi connectivity index (χ3v) is 1.58. The van der Waals surface area contributed by atoms with Gasteiger partial charge in [-0.3, -0.25) is 0 Å². The van der Waals surface area contributed by atoms with E-state index in [0.29, 0.717) is 6.42 Å². The van der Waals surface area contributed by atoms with Gasteiger partial charge in [0.1, 0.15) is 0 Å². The predicted octanol–water partition coefficient (Wildman–Crippen LogP) is -4.18. The molecule has 5 heteroatoms. The van der Waals surface area contributed by atoms with Crippen LogP contribution in [0.4, 0.5) is 0 Å². The van der Waals surface area contributed by atoms with E-state index in [4.69, 9.17) is 5.73 Å². The van der Waals surface area contributed by atoms with Gasteiger partial charge < -0.3 is 15.6 Å². The molecule has 0 aliphatic heterocycles. The molecule has 54 valence electrons. The third-order valence-electron chi connectivity index (χ3n) is 0.936. The molecule has 0 aliphatic carbocycles. The topological polar surface area (TPSA) is 66.2 Å². The first-order valence-electron chi connectivity index (χ1n) is 2.64. The minimum Gasteiger partial charge on any atom is -0.548 e. The van der Waals surface area contributed by atoms with Crippen LogP contribution in [-0.4, -0.2) is 24.0 Å². The Morgan fingerprint density at radius 3 is 2.60 bits per heavy atom. The number of carbonyl (C=O) groups is 1. The molecule has 0 aromatic carbocycles. The average molecular weight is 155 g/mol. The Morgan fingerprint density at radius 1 is 1.80 bits per heavy atom. The van der Waals surface area contributed by atoms with E-state index in [1.807, 2.05) is 6.26 Å². The average Bonchev–Trinajstić information content (AvgIpc) is 1.82. The van der Waals surface area contributed by atoms with Crippen molar-refractivity contribution in [1.82, 2.24) is 0 Å². The summed E-state index contributed by atoms with van der Waals surface area (Å²) >= 11 is 1.58. The van der Waals surface area contributed by atoms with Crippen molar-refractivity contribution in [1.29, 1.82) is 0 Å². The van der Waals surface area contributed by atoms with Crippen LogP contribution in [0.3, 0.4) is 0 Å². The molecule has 0 bridgehead atoms. The summed E-state index contributed by atoms with van der Waals surface area (Å²) in [5.74, 6) is -0.390. The molecule has 0 fully saturated rings. The van der Waals surface area contributed by atoms with Crippen molar-refractivity contribution in [3.63, 3.8) is 0 Å². The minimum atomic E-state index is -1.16.